The highest BCUT2D eigenvalue weighted by Crippen LogP contribution is 2.62. The Morgan fingerprint density at radius 3 is 2.62 bits per heavy atom. The van der Waals surface area contributed by atoms with Crippen LogP contribution < -0.4 is 0 Å². The predicted octanol–water partition coefficient (Wildman–Crippen LogP) is 4.74. The van der Waals surface area contributed by atoms with Crippen molar-refractivity contribution in [3.8, 4) is 0 Å². The molecule has 1 aromatic rings. The molecule has 0 nitrogen and oxygen atoms in total. The van der Waals surface area contributed by atoms with Crippen molar-refractivity contribution in [2.75, 3.05) is 0 Å². The van der Waals surface area contributed by atoms with Crippen molar-refractivity contribution in [1.29, 1.82) is 0 Å². The van der Waals surface area contributed by atoms with E-state index < -0.39 is 0 Å². The Labute approximate surface area is 107 Å². The van der Waals surface area contributed by atoms with E-state index in [0.717, 1.165) is 16.7 Å². The highest BCUT2D eigenvalue weighted by molar-refractivity contribution is 9.09. The van der Waals surface area contributed by atoms with Gasteiger partial charge in [-0.1, -0.05) is 53.2 Å². The first-order valence-electron chi connectivity index (χ1n) is 6.38. The van der Waals surface area contributed by atoms with Gasteiger partial charge in [0.2, 0.25) is 0 Å². The second-order valence-corrected chi connectivity index (χ2v) is 7.15. The summed E-state index contributed by atoms with van der Waals surface area (Å²) in [7, 11) is 0. The van der Waals surface area contributed by atoms with Crippen LogP contribution >= 0.6 is 15.9 Å². The van der Waals surface area contributed by atoms with Crippen molar-refractivity contribution in [2.24, 2.45) is 11.3 Å². The molecule has 0 amide bonds. The summed E-state index contributed by atoms with van der Waals surface area (Å²) < 4.78 is 0. The minimum absolute atomic E-state index is 0.606. The largest absolute Gasteiger partial charge is 0.0890 e. The average molecular weight is 279 g/mol. The minimum Gasteiger partial charge on any atom is -0.0890 e. The maximum absolute atomic E-state index is 3.79. The fraction of sp³-hybridized carbons (Fsp3) is 0.600. The highest BCUT2D eigenvalue weighted by Gasteiger charge is 2.52. The van der Waals surface area contributed by atoms with Crippen LogP contribution in [-0.4, -0.2) is 4.83 Å². The van der Waals surface area contributed by atoms with E-state index in [4.69, 9.17) is 0 Å². The SMILES string of the molecule is CC1(C2CC2c2ccccc2)CCC(Br)C1. The van der Waals surface area contributed by atoms with Crippen molar-refractivity contribution < 1.29 is 0 Å². The third-order valence-electron chi connectivity index (χ3n) is 4.63. The number of hydrogen-bond donors (Lipinski definition) is 0. The van der Waals surface area contributed by atoms with Gasteiger partial charge in [-0.05, 0) is 48.5 Å². The van der Waals surface area contributed by atoms with Crippen LogP contribution in [-0.2, 0) is 0 Å². The summed E-state index contributed by atoms with van der Waals surface area (Å²) in [6, 6.07) is 11.1. The molecule has 2 fully saturated rings. The lowest BCUT2D eigenvalue weighted by molar-refractivity contribution is 0.279. The van der Waals surface area contributed by atoms with Gasteiger partial charge >= 0.3 is 0 Å². The lowest BCUT2D eigenvalue weighted by Crippen LogP contribution is -2.15. The Hall–Kier alpha value is -0.300. The van der Waals surface area contributed by atoms with E-state index in [1.165, 1.54) is 25.7 Å². The van der Waals surface area contributed by atoms with Crippen molar-refractivity contribution in [2.45, 2.75) is 43.4 Å². The van der Waals surface area contributed by atoms with Crippen LogP contribution in [0.3, 0.4) is 0 Å². The Morgan fingerprint density at radius 2 is 2.00 bits per heavy atom. The minimum atomic E-state index is 0.606. The van der Waals surface area contributed by atoms with Crippen LogP contribution in [0.5, 0.6) is 0 Å². The number of halogens is 1. The normalized spacial score (nSPS) is 42.2. The van der Waals surface area contributed by atoms with Crippen LogP contribution in [0.2, 0.25) is 0 Å². The Morgan fingerprint density at radius 1 is 1.25 bits per heavy atom. The van der Waals surface area contributed by atoms with Gasteiger partial charge < -0.3 is 0 Å². The molecule has 16 heavy (non-hydrogen) atoms. The molecule has 0 spiro atoms. The molecule has 4 unspecified atom stereocenters. The first-order chi connectivity index (χ1) is 7.69. The maximum atomic E-state index is 3.79. The maximum Gasteiger partial charge on any atom is 0.0151 e. The molecule has 4 atom stereocenters. The molecule has 1 aromatic carbocycles. The summed E-state index contributed by atoms with van der Waals surface area (Å²) >= 11 is 3.79. The molecule has 2 aliphatic rings. The van der Waals surface area contributed by atoms with E-state index in [1.807, 2.05) is 0 Å². The second-order valence-electron chi connectivity index (χ2n) is 5.85. The Kier molecular flexibility index (Phi) is 2.62. The highest BCUT2D eigenvalue weighted by atomic mass is 79.9. The first kappa shape index (κ1) is 10.8. The van der Waals surface area contributed by atoms with E-state index in [1.54, 1.807) is 5.56 Å². The van der Waals surface area contributed by atoms with Gasteiger partial charge in [0.25, 0.3) is 0 Å². The Balaban J connectivity index is 1.72. The van der Waals surface area contributed by atoms with Gasteiger partial charge in [-0.25, -0.2) is 0 Å². The van der Waals surface area contributed by atoms with Crippen LogP contribution in [0.4, 0.5) is 0 Å². The lowest BCUT2D eigenvalue weighted by atomic mass is 9.81. The number of hydrogen-bond acceptors (Lipinski definition) is 0. The quantitative estimate of drug-likeness (QED) is 0.686. The molecule has 0 radical (unpaired) electrons. The Bertz CT molecular complexity index is 372. The van der Waals surface area contributed by atoms with Gasteiger partial charge in [-0.15, -0.1) is 0 Å². The molecule has 0 bridgehead atoms. The topological polar surface area (TPSA) is 0 Å². The van der Waals surface area contributed by atoms with Gasteiger partial charge in [0.05, 0.1) is 0 Å². The van der Waals surface area contributed by atoms with Crippen LogP contribution in [0.25, 0.3) is 0 Å². The fourth-order valence-corrected chi connectivity index (χ4v) is 4.54. The molecule has 2 saturated carbocycles. The number of alkyl halides is 1. The van der Waals surface area contributed by atoms with E-state index in [-0.39, 0.29) is 0 Å². The third kappa shape index (κ3) is 1.84. The van der Waals surface area contributed by atoms with Gasteiger partial charge in [-0.2, -0.15) is 0 Å². The average Bonchev–Trinajstić information content (AvgIpc) is 3.02. The zero-order valence-electron chi connectivity index (χ0n) is 9.83. The molecule has 0 aliphatic heterocycles. The predicted molar refractivity (Wildman–Crippen MR) is 72.0 cm³/mol. The van der Waals surface area contributed by atoms with E-state index in [2.05, 4.69) is 53.2 Å². The van der Waals surface area contributed by atoms with Crippen molar-refractivity contribution in [3.63, 3.8) is 0 Å². The molecule has 3 rings (SSSR count). The van der Waals surface area contributed by atoms with Gasteiger partial charge in [0.15, 0.2) is 0 Å². The summed E-state index contributed by atoms with van der Waals surface area (Å²) in [6.07, 6.45) is 5.58. The summed E-state index contributed by atoms with van der Waals surface area (Å²) in [5.41, 5.74) is 2.17. The van der Waals surface area contributed by atoms with Crippen molar-refractivity contribution in [1.82, 2.24) is 0 Å². The molecule has 86 valence electrons. The fourth-order valence-electron chi connectivity index (χ4n) is 3.57. The zero-order chi connectivity index (χ0) is 11.2. The monoisotopic (exact) mass is 278 g/mol. The van der Waals surface area contributed by atoms with Gasteiger partial charge in [0.1, 0.15) is 0 Å². The third-order valence-corrected chi connectivity index (χ3v) is 5.41. The first-order valence-corrected chi connectivity index (χ1v) is 7.30. The van der Waals surface area contributed by atoms with E-state index in [0.29, 0.717) is 5.41 Å². The molecule has 2 aliphatic carbocycles. The van der Waals surface area contributed by atoms with Crippen LogP contribution in [0, 0.1) is 11.3 Å². The molecule has 0 saturated heterocycles. The molecule has 1 heteroatoms. The summed E-state index contributed by atoms with van der Waals surface area (Å²) in [5, 5.41) is 0. The molecule has 0 aromatic heterocycles. The zero-order valence-corrected chi connectivity index (χ0v) is 11.4. The van der Waals surface area contributed by atoms with Crippen LogP contribution in [0.15, 0.2) is 30.3 Å². The number of benzene rings is 1. The second kappa shape index (κ2) is 3.87. The van der Waals surface area contributed by atoms with Gasteiger partial charge in [-0.3, -0.25) is 0 Å². The molecular weight excluding hydrogens is 260 g/mol. The molecular formula is C15H19Br. The molecule has 0 heterocycles. The lowest BCUT2D eigenvalue weighted by Gasteiger charge is -2.24. The van der Waals surface area contributed by atoms with Crippen LogP contribution in [0.1, 0.15) is 44.1 Å². The van der Waals surface area contributed by atoms with Crippen molar-refractivity contribution in [3.05, 3.63) is 35.9 Å². The summed E-state index contributed by atoms with van der Waals surface area (Å²) in [6.45, 7) is 2.50. The van der Waals surface area contributed by atoms with E-state index in [9.17, 15) is 0 Å². The summed E-state index contributed by atoms with van der Waals surface area (Å²) in [4.78, 5) is 0.773. The van der Waals surface area contributed by atoms with Crippen molar-refractivity contribution >= 4 is 15.9 Å². The number of rotatable bonds is 2. The standard InChI is InChI=1S/C15H19Br/c1-15(8-7-12(16)10-15)14-9-13(14)11-5-3-2-4-6-11/h2-6,12-14H,7-10H2,1H3. The van der Waals surface area contributed by atoms with E-state index >= 15 is 0 Å². The van der Waals surface area contributed by atoms with Gasteiger partial charge in [0, 0.05) is 4.83 Å². The smallest absolute Gasteiger partial charge is 0.0151 e. The summed E-state index contributed by atoms with van der Waals surface area (Å²) in [5.74, 6) is 1.79. The molecule has 0 N–H and O–H groups in total.